The van der Waals surface area contributed by atoms with Crippen molar-refractivity contribution in [3.05, 3.63) is 69.8 Å². The van der Waals surface area contributed by atoms with Gasteiger partial charge >= 0.3 is 0 Å². The van der Waals surface area contributed by atoms with E-state index < -0.39 is 0 Å². The number of piperazine rings is 1. The quantitative estimate of drug-likeness (QED) is 0.567. The Morgan fingerprint density at radius 3 is 2.52 bits per heavy atom. The van der Waals surface area contributed by atoms with Crippen molar-refractivity contribution in [3.63, 3.8) is 0 Å². The van der Waals surface area contributed by atoms with Gasteiger partial charge in [-0.2, -0.15) is 5.10 Å². The fraction of sp³-hybridized carbons (Fsp3) is 0.348. The maximum atomic E-state index is 12.8. The second kappa shape index (κ2) is 9.89. The summed E-state index contributed by atoms with van der Waals surface area (Å²) in [5.41, 5.74) is 0.454. The molecule has 0 unspecified atom stereocenters. The Morgan fingerprint density at radius 2 is 1.81 bits per heavy atom. The van der Waals surface area contributed by atoms with Crippen molar-refractivity contribution in [3.8, 4) is 16.3 Å². The highest BCUT2D eigenvalue weighted by atomic mass is 32.1. The maximum absolute atomic E-state index is 12.8. The van der Waals surface area contributed by atoms with Gasteiger partial charge in [0.15, 0.2) is 0 Å². The summed E-state index contributed by atoms with van der Waals surface area (Å²) in [6.07, 6.45) is 0. The van der Waals surface area contributed by atoms with Gasteiger partial charge < -0.3 is 9.64 Å². The Kier molecular flexibility index (Phi) is 6.79. The summed E-state index contributed by atoms with van der Waals surface area (Å²) in [5, 5.41) is 4.42. The second-order valence-corrected chi connectivity index (χ2v) is 8.80. The van der Waals surface area contributed by atoms with Gasteiger partial charge in [-0.15, -0.1) is 11.3 Å². The number of nitrogens with zero attached hydrogens (tertiary/aromatic N) is 4. The molecule has 0 bridgehead atoms. The van der Waals surface area contributed by atoms with Crippen molar-refractivity contribution < 1.29 is 9.53 Å². The van der Waals surface area contributed by atoms with Gasteiger partial charge in [0.1, 0.15) is 24.6 Å². The van der Waals surface area contributed by atoms with E-state index in [2.05, 4.69) is 10.00 Å². The normalized spacial score (nSPS) is 14.5. The molecule has 7 nitrogen and oxygen atoms in total. The zero-order valence-corrected chi connectivity index (χ0v) is 18.4. The molecule has 3 heterocycles. The Bertz CT molecular complexity index is 1070. The van der Waals surface area contributed by atoms with E-state index in [4.69, 9.17) is 4.74 Å². The van der Waals surface area contributed by atoms with E-state index in [1.807, 2.05) is 54.3 Å². The lowest BCUT2D eigenvalue weighted by molar-refractivity contribution is -0.133. The van der Waals surface area contributed by atoms with Crippen molar-refractivity contribution in [2.24, 2.45) is 0 Å². The van der Waals surface area contributed by atoms with Gasteiger partial charge in [0.05, 0.1) is 4.88 Å². The van der Waals surface area contributed by atoms with Crippen LogP contribution in [0.4, 0.5) is 0 Å². The standard InChI is InChI=1S/C23H26N4O3S/c1-18-7-9-21(31-18)20-8-10-22(28)27(24-20)17-23(29)26-13-11-25(12-14-26)15-16-30-19-5-3-2-4-6-19/h2-10H,11-17H2,1H3. The highest BCUT2D eigenvalue weighted by Gasteiger charge is 2.22. The van der Waals surface area contributed by atoms with Gasteiger partial charge in [0, 0.05) is 43.7 Å². The Labute approximate surface area is 185 Å². The molecule has 0 saturated carbocycles. The molecule has 162 valence electrons. The molecule has 0 spiro atoms. The summed E-state index contributed by atoms with van der Waals surface area (Å²) >= 11 is 1.62. The van der Waals surface area contributed by atoms with Gasteiger partial charge in [-0.3, -0.25) is 14.5 Å². The fourth-order valence-electron chi connectivity index (χ4n) is 3.52. The molecule has 3 aromatic rings. The number of amides is 1. The van der Waals surface area contributed by atoms with Crippen LogP contribution in [0.2, 0.25) is 0 Å². The topological polar surface area (TPSA) is 67.7 Å². The zero-order valence-electron chi connectivity index (χ0n) is 17.6. The van der Waals surface area contributed by atoms with E-state index in [0.29, 0.717) is 25.4 Å². The summed E-state index contributed by atoms with van der Waals surface area (Å²) in [6, 6.07) is 17.0. The molecule has 1 aromatic carbocycles. The second-order valence-electron chi connectivity index (χ2n) is 7.51. The van der Waals surface area contributed by atoms with Crippen LogP contribution in [0.15, 0.2) is 59.4 Å². The molecule has 0 atom stereocenters. The highest BCUT2D eigenvalue weighted by molar-refractivity contribution is 7.15. The number of ether oxygens (including phenoxy) is 1. The average molecular weight is 439 g/mol. The number of para-hydroxylation sites is 1. The summed E-state index contributed by atoms with van der Waals surface area (Å²) < 4.78 is 7.03. The first-order chi connectivity index (χ1) is 15.1. The molecule has 0 N–H and O–H groups in total. The van der Waals surface area contributed by atoms with E-state index in [1.165, 1.54) is 15.6 Å². The highest BCUT2D eigenvalue weighted by Crippen LogP contribution is 2.25. The molecule has 1 fully saturated rings. The first kappa shape index (κ1) is 21.3. The van der Waals surface area contributed by atoms with Crippen LogP contribution < -0.4 is 10.3 Å². The van der Waals surface area contributed by atoms with Crippen LogP contribution in [0, 0.1) is 6.92 Å². The monoisotopic (exact) mass is 438 g/mol. The van der Waals surface area contributed by atoms with Crippen LogP contribution in [-0.2, 0) is 11.3 Å². The SMILES string of the molecule is Cc1ccc(-c2ccc(=O)n(CC(=O)N3CCN(CCOc4ccccc4)CC3)n2)s1. The minimum absolute atomic E-state index is 0.0336. The van der Waals surface area contributed by atoms with Gasteiger partial charge in [-0.25, -0.2) is 4.68 Å². The van der Waals surface area contributed by atoms with E-state index in [-0.39, 0.29) is 18.0 Å². The van der Waals surface area contributed by atoms with Crippen LogP contribution in [0.5, 0.6) is 5.75 Å². The number of carbonyl (C=O) groups excluding carboxylic acids is 1. The Hall–Kier alpha value is -2.97. The van der Waals surface area contributed by atoms with E-state index >= 15 is 0 Å². The predicted molar refractivity (Wildman–Crippen MR) is 122 cm³/mol. The van der Waals surface area contributed by atoms with Crippen LogP contribution in [0.3, 0.4) is 0 Å². The Morgan fingerprint density at radius 1 is 1.03 bits per heavy atom. The first-order valence-corrected chi connectivity index (χ1v) is 11.2. The number of thiophene rings is 1. The lowest BCUT2D eigenvalue weighted by Gasteiger charge is -2.34. The number of benzene rings is 1. The predicted octanol–water partition coefficient (Wildman–Crippen LogP) is 2.50. The molecule has 1 aliphatic rings. The maximum Gasteiger partial charge on any atom is 0.267 e. The minimum Gasteiger partial charge on any atom is -0.492 e. The smallest absolute Gasteiger partial charge is 0.267 e. The number of carbonyl (C=O) groups is 1. The molecule has 0 radical (unpaired) electrons. The molecule has 8 heteroatoms. The Balaban J connectivity index is 1.28. The minimum atomic E-state index is -0.262. The molecule has 1 aliphatic heterocycles. The molecule has 0 aliphatic carbocycles. The van der Waals surface area contributed by atoms with Gasteiger partial charge in [0.2, 0.25) is 5.91 Å². The molecule has 2 aromatic heterocycles. The van der Waals surface area contributed by atoms with Crippen molar-refractivity contribution in [2.45, 2.75) is 13.5 Å². The van der Waals surface area contributed by atoms with Crippen LogP contribution in [0.25, 0.3) is 10.6 Å². The molecule has 1 amide bonds. The molecule has 1 saturated heterocycles. The van der Waals surface area contributed by atoms with Gasteiger partial charge in [0.25, 0.3) is 5.56 Å². The van der Waals surface area contributed by atoms with Crippen LogP contribution in [0.1, 0.15) is 4.88 Å². The van der Waals surface area contributed by atoms with E-state index in [9.17, 15) is 9.59 Å². The molecular formula is C23H26N4O3S. The number of aryl methyl sites for hydroxylation is 1. The number of aromatic nitrogens is 2. The average Bonchev–Trinajstić information content (AvgIpc) is 3.23. The van der Waals surface area contributed by atoms with E-state index in [0.717, 1.165) is 30.3 Å². The largest absolute Gasteiger partial charge is 0.492 e. The molecule has 31 heavy (non-hydrogen) atoms. The van der Waals surface area contributed by atoms with Crippen molar-refractivity contribution in [1.29, 1.82) is 0 Å². The lowest BCUT2D eigenvalue weighted by atomic mass is 10.3. The number of hydrogen-bond acceptors (Lipinski definition) is 6. The summed E-state index contributed by atoms with van der Waals surface area (Å²) in [6.45, 7) is 6.30. The summed E-state index contributed by atoms with van der Waals surface area (Å²) in [5.74, 6) is 0.795. The van der Waals surface area contributed by atoms with Crippen LogP contribution >= 0.6 is 11.3 Å². The van der Waals surface area contributed by atoms with Crippen molar-refractivity contribution in [1.82, 2.24) is 19.6 Å². The molecular weight excluding hydrogens is 412 g/mol. The third kappa shape index (κ3) is 5.59. The molecule has 4 rings (SSSR count). The summed E-state index contributed by atoms with van der Waals surface area (Å²) in [4.78, 5) is 31.3. The summed E-state index contributed by atoms with van der Waals surface area (Å²) in [7, 11) is 0. The van der Waals surface area contributed by atoms with E-state index in [1.54, 1.807) is 17.4 Å². The number of hydrogen-bond donors (Lipinski definition) is 0. The van der Waals surface area contributed by atoms with Crippen LogP contribution in [-0.4, -0.2) is 64.8 Å². The van der Waals surface area contributed by atoms with Gasteiger partial charge in [-0.1, -0.05) is 18.2 Å². The zero-order chi connectivity index (χ0) is 21.6. The van der Waals surface area contributed by atoms with Crippen molar-refractivity contribution >= 4 is 17.2 Å². The number of rotatable bonds is 7. The first-order valence-electron chi connectivity index (χ1n) is 10.4. The van der Waals surface area contributed by atoms with Gasteiger partial charge in [-0.05, 0) is 37.3 Å². The third-order valence-corrected chi connectivity index (χ3v) is 6.31. The lowest BCUT2D eigenvalue weighted by Crippen LogP contribution is -2.50. The fourth-order valence-corrected chi connectivity index (χ4v) is 4.36. The van der Waals surface area contributed by atoms with Crippen molar-refractivity contribution in [2.75, 3.05) is 39.3 Å². The third-order valence-electron chi connectivity index (χ3n) is 5.29.